The van der Waals surface area contributed by atoms with Crippen molar-refractivity contribution in [3.05, 3.63) is 59.7 Å². The number of rotatable bonds is 5. The number of carbonyl (C=O) groups is 1. The monoisotopic (exact) mass is 513 g/mol. The lowest BCUT2D eigenvalue weighted by Crippen LogP contribution is -2.29. The number of ether oxygens (including phenoxy) is 1. The summed E-state index contributed by atoms with van der Waals surface area (Å²) in [4.78, 5) is 11.0. The molecule has 2 rings (SSSR count). The fourth-order valence-corrected chi connectivity index (χ4v) is 2.03. The summed E-state index contributed by atoms with van der Waals surface area (Å²) in [7, 11) is 1.00. The van der Waals surface area contributed by atoms with Gasteiger partial charge in [-0.3, -0.25) is 10.8 Å². The molecule has 0 amide bonds. The Bertz CT molecular complexity index is 882. The van der Waals surface area contributed by atoms with Crippen molar-refractivity contribution < 1.29 is 27.8 Å². The Labute approximate surface area is 213 Å². The number of nitrogens with one attached hydrogen (secondary N) is 3. The lowest BCUT2D eigenvalue weighted by Gasteiger charge is -2.20. The summed E-state index contributed by atoms with van der Waals surface area (Å²) in [5.41, 5.74) is -0.835. The number of halogens is 3. The van der Waals surface area contributed by atoms with Crippen LogP contribution in [0.2, 0.25) is 0 Å². The summed E-state index contributed by atoms with van der Waals surface area (Å²) >= 11 is 0. The van der Waals surface area contributed by atoms with E-state index < -0.39 is 17.2 Å². The maximum absolute atomic E-state index is 12.7. The maximum Gasteiger partial charge on any atom is 0.416 e. The van der Waals surface area contributed by atoms with Gasteiger partial charge in [0.15, 0.2) is 0 Å². The predicted octanol–water partition coefficient (Wildman–Crippen LogP) is 8.07. The molecular weight excluding hydrogens is 471 g/mol. The highest BCUT2D eigenvalue weighted by molar-refractivity contribution is 6.07. The average molecular weight is 514 g/mol. The minimum Gasteiger partial charge on any atom is -0.424 e. The summed E-state index contributed by atoms with van der Waals surface area (Å²) in [6, 6.07) is 11.0. The molecule has 0 spiro atoms. The number of aliphatic hydroxyl groups excluding tert-OH is 1. The molecule has 6 nitrogen and oxygen atoms in total. The Balaban J connectivity index is -0.00000108. The first kappa shape index (κ1) is 37.4. The molecule has 0 aromatic heterocycles. The highest BCUT2D eigenvalue weighted by atomic mass is 19.4. The molecule has 204 valence electrons. The molecule has 9 heteroatoms. The van der Waals surface area contributed by atoms with Gasteiger partial charge in [-0.15, -0.1) is 0 Å². The zero-order valence-electron chi connectivity index (χ0n) is 22.8. The van der Waals surface area contributed by atoms with E-state index in [0.717, 1.165) is 19.2 Å². The van der Waals surface area contributed by atoms with Crippen molar-refractivity contribution in [1.29, 1.82) is 10.8 Å². The number of aldehydes is 1. The number of alkyl halides is 3. The zero-order valence-corrected chi connectivity index (χ0v) is 22.8. The van der Waals surface area contributed by atoms with E-state index in [9.17, 15) is 18.0 Å². The fourth-order valence-electron chi connectivity index (χ4n) is 2.03. The normalized spacial score (nSPS) is 9.69. The third kappa shape index (κ3) is 13.6. The molecular formula is C27H42F3N3O3. The van der Waals surface area contributed by atoms with Crippen LogP contribution in [0.4, 0.5) is 24.5 Å². The van der Waals surface area contributed by atoms with Crippen molar-refractivity contribution in [3.8, 4) is 0 Å². The van der Waals surface area contributed by atoms with Gasteiger partial charge < -0.3 is 20.0 Å². The highest BCUT2D eigenvalue weighted by Gasteiger charge is 2.30. The Hall–Kier alpha value is -3.20. The van der Waals surface area contributed by atoms with Crippen molar-refractivity contribution in [2.24, 2.45) is 5.41 Å². The minimum atomic E-state index is -4.42. The molecule has 0 fully saturated rings. The van der Waals surface area contributed by atoms with Gasteiger partial charge in [0.2, 0.25) is 11.8 Å². The molecule has 0 aliphatic carbocycles. The average Bonchev–Trinajstić information content (AvgIpc) is 2.88. The lowest BCUT2D eigenvalue weighted by molar-refractivity contribution is -0.137. The largest absolute Gasteiger partial charge is 0.424 e. The van der Waals surface area contributed by atoms with Crippen LogP contribution in [0.1, 0.15) is 72.9 Å². The molecule has 36 heavy (non-hydrogen) atoms. The van der Waals surface area contributed by atoms with Crippen molar-refractivity contribution >= 4 is 29.5 Å². The first-order valence-corrected chi connectivity index (χ1v) is 11.8. The molecule has 0 aliphatic heterocycles. The van der Waals surface area contributed by atoms with Crippen LogP contribution in [-0.2, 0) is 15.7 Å². The van der Waals surface area contributed by atoms with Crippen LogP contribution < -0.4 is 5.32 Å². The first-order chi connectivity index (χ1) is 17.0. The number of benzene rings is 2. The van der Waals surface area contributed by atoms with E-state index in [1.807, 2.05) is 27.7 Å². The number of anilines is 2. The summed E-state index contributed by atoms with van der Waals surface area (Å²) < 4.78 is 43.1. The second-order valence-corrected chi connectivity index (χ2v) is 7.05. The van der Waals surface area contributed by atoms with Crippen LogP contribution in [0, 0.1) is 16.2 Å². The standard InChI is InChI=1S/C19H18F3N3O2.C3H8.2C2H6.CH4O/c1-18(2,11-26)17(24)27-16(23)14-5-3-4-6-15(14)25-13-9-7-12(8-10-13)19(20,21)22;1-3-2;3*1-2/h3-11,23-25H,1-2H3;3H2,1-2H3;2*1-2H3;2H,1H3. The van der Waals surface area contributed by atoms with E-state index in [-0.39, 0.29) is 11.8 Å². The second-order valence-electron chi connectivity index (χ2n) is 7.05. The third-order valence-corrected chi connectivity index (χ3v) is 3.75. The molecule has 0 heterocycles. The van der Waals surface area contributed by atoms with Crippen LogP contribution in [0.15, 0.2) is 48.5 Å². The molecule has 0 atom stereocenters. The summed E-state index contributed by atoms with van der Waals surface area (Å²) in [5.74, 6) is -0.739. The molecule has 2 aromatic rings. The van der Waals surface area contributed by atoms with Crippen molar-refractivity contribution in [1.82, 2.24) is 0 Å². The topological polar surface area (TPSA) is 106 Å². The number of hydrogen-bond acceptors (Lipinski definition) is 6. The van der Waals surface area contributed by atoms with Crippen molar-refractivity contribution in [2.45, 2.75) is 68.0 Å². The van der Waals surface area contributed by atoms with Gasteiger partial charge >= 0.3 is 6.18 Å². The molecule has 0 unspecified atom stereocenters. The molecule has 0 aliphatic rings. The fraction of sp³-hybridized carbons (Fsp3) is 0.444. The summed E-state index contributed by atoms with van der Waals surface area (Å²) in [5, 5.41) is 25.8. The molecule has 0 radical (unpaired) electrons. The Morgan fingerprint density at radius 1 is 0.944 bits per heavy atom. The second kappa shape index (κ2) is 20.0. The van der Waals surface area contributed by atoms with Crippen LogP contribution in [-0.4, -0.2) is 30.3 Å². The van der Waals surface area contributed by atoms with Gasteiger partial charge in [-0.1, -0.05) is 60.1 Å². The predicted molar refractivity (Wildman–Crippen MR) is 143 cm³/mol. The Kier molecular flexibility index (Phi) is 20.8. The highest BCUT2D eigenvalue weighted by Crippen LogP contribution is 2.31. The number of aliphatic hydroxyl groups is 1. The number of carbonyl (C=O) groups excluding carboxylic acids is 1. The van der Waals surface area contributed by atoms with Gasteiger partial charge in [0.05, 0.1) is 22.2 Å². The van der Waals surface area contributed by atoms with Gasteiger partial charge in [0, 0.05) is 12.8 Å². The van der Waals surface area contributed by atoms with E-state index >= 15 is 0 Å². The summed E-state index contributed by atoms with van der Waals surface area (Å²) in [6.07, 6.45) is -2.62. The lowest BCUT2D eigenvalue weighted by atomic mass is 9.96. The first-order valence-electron chi connectivity index (χ1n) is 11.8. The van der Waals surface area contributed by atoms with Crippen LogP contribution in [0.3, 0.4) is 0 Å². The summed E-state index contributed by atoms with van der Waals surface area (Å²) in [6.45, 7) is 15.2. The van der Waals surface area contributed by atoms with Crippen LogP contribution in [0.5, 0.6) is 0 Å². The number of hydrogen-bond donors (Lipinski definition) is 4. The van der Waals surface area contributed by atoms with E-state index in [0.29, 0.717) is 23.2 Å². The van der Waals surface area contributed by atoms with Crippen molar-refractivity contribution in [2.75, 3.05) is 12.4 Å². The smallest absolute Gasteiger partial charge is 0.416 e. The van der Waals surface area contributed by atoms with E-state index in [4.69, 9.17) is 20.7 Å². The van der Waals surface area contributed by atoms with E-state index in [1.54, 1.807) is 24.3 Å². The molecule has 0 saturated heterocycles. The molecule has 0 bridgehead atoms. The molecule has 0 saturated carbocycles. The molecule has 4 N–H and O–H groups in total. The van der Waals surface area contributed by atoms with Gasteiger partial charge in [0.25, 0.3) is 0 Å². The minimum absolute atomic E-state index is 0.295. The van der Waals surface area contributed by atoms with Gasteiger partial charge in [-0.25, -0.2) is 0 Å². The molecule has 2 aromatic carbocycles. The Morgan fingerprint density at radius 2 is 1.39 bits per heavy atom. The van der Waals surface area contributed by atoms with Crippen LogP contribution in [0.25, 0.3) is 0 Å². The number of para-hydroxylation sites is 1. The van der Waals surface area contributed by atoms with Gasteiger partial charge in [-0.2, -0.15) is 13.2 Å². The maximum atomic E-state index is 12.7. The van der Waals surface area contributed by atoms with Crippen LogP contribution >= 0.6 is 0 Å². The van der Waals surface area contributed by atoms with Crippen molar-refractivity contribution in [3.63, 3.8) is 0 Å². The van der Waals surface area contributed by atoms with E-state index in [2.05, 4.69) is 19.2 Å². The van der Waals surface area contributed by atoms with E-state index in [1.165, 1.54) is 32.4 Å². The van der Waals surface area contributed by atoms with Gasteiger partial charge in [-0.05, 0) is 50.2 Å². The zero-order chi connectivity index (χ0) is 28.9. The van der Waals surface area contributed by atoms with Gasteiger partial charge in [0.1, 0.15) is 6.29 Å². The third-order valence-electron chi connectivity index (χ3n) is 3.75. The quantitative estimate of drug-likeness (QED) is 0.184. The SMILES string of the molecule is CC.CC.CC(C)(C=O)C(=N)OC(=N)c1ccccc1Nc1ccc(C(F)(F)F)cc1.CCC.CO. The Morgan fingerprint density at radius 3 is 1.81 bits per heavy atom.